The Morgan fingerprint density at radius 2 is 2.00 bits per heavy atom. The van der Waals surface area contributed by atoms with Crippen molar-refractivity contribution in [3.8, 4) is 0 Å². The van der Waals surface area contributed by atoms with Gasteiger partial charge in [-0.25, -0.2) is 0 Å². The lowest BCUT2D eigenvalue weighted by atomic mass is 10.2. The van der Waals surface area contributed by atoms with Gasteiger partial charge in [-0.3, -0.25) is 9.48 Å². The van der Waals surface area contributed by atoms with Crippen molar-refractivity contribution >= 4 is 17.5 Å². The molecule has 0 unspecified atom stereocenters. The SMILES string of the molecule is CC(C)N(C(=O)CCn1cc(Cl)cn1)C(C)C. The van der Waals surface area contributed by atoms with Gasteiger partial charge in [0.2, 0.25) is 5.91 Å². The van der Waals surface area contributed by atoms with Crippen molar-refractivity contribution in [3.05, 3.63) is 17.4 Å². The second kappa shape index (κ2) is 6.05. The summed E-state index contributed by atoms with van der Waals surface area (Å²) in [7, 11) is 0. The summed E-state index contributed by atoms with van der Waals surface area (Å²) in [6.45, 7) is 8.69. The topological polar surface area (TPSA) is 38.1 Å². The molecule has 17 heavy (non-hydrogen) atoms. The van der Waals surface area contributed by atoms with Crippen LogP contribution in [0.5, 0.6) is 0 Å². The summed E-state index contributed by atoms with van der Waals surface area (Å²) < 4.78 is 1.69. The summed E-state index contributed by atoms with van der Waals surface area (Å²) in [5, 5.41) is 4.65. The molecule has 4 nitrogen and oxygen atoms in total. The molecule has 0 atom stereocenters. The summed E-state index contributed by atoms with van der Waals surface area (Å²) in [6, 6.07) is 0.451. The van der Waals surface area contributed by atoms with Gasteiger partial charge in [0.25, 0.3) is 0 Å². The molecule has 0 aliphatic rings. The molecule has 5 heteroatoms. The highest BCUT2D eigenvalue weighted by molar-refractivity contribution is 6.30. The molecule has 96 valence electrons. The minimum Gasteiger partial charge on any atom is -0.338 e. The molecule has 0 aliphatic heterocycles. The van der Waals surface area contributed by atoms with Gasteiger partial charge in [0, 0.05) is 31.2 Å². The highest BCUT2D eigenvalue weighted by Gasteiger charge is 2.19. The molecule has 0 saturated heterocycles. The van der Waals surface area contributed by atoms with E-state index in [0.717, 1.165) is 0 Å². The van der Waals surface area contributed by atoms with Gasteiger partial charge in [0.05, 0.1) is 11.2 Å². The molecule has 0 N–H and O–H groups in total. The Labute approximate surface area is 108 Å². The van der Waals surface area contributed by atoms with Crippen LogP contribution < -0.4 is 0 Å². The summed E-state index contributed by atoms with van der Waals surface area (Å²) in [5.74, 6) is 0.154. The van der Waals surface area contributed by atoms with E-state index in [1.807, 2.05) is 32.6 Å². The molecule has 1 aromatic rings. The van der Waals surface area contributed by atoms with E-state index in [9.17, 15) is 4.79 Å². The van der Waals surface area contributed by atoms with Crippen LogP contribution in [0, 0.1) is 0 Å². The first-order chi connectivity index (χ1) is 7.91. The van der Waals surface area contributed by atoms with Gasteiger partial charge in [-0.1, -0.05) is 11.6 Å². The van der Waals surface area contributed by atoms with E-state index < -0.39 is 0 Å². The fourth-order valence-electron chi connectivity index (χ4n) is 1.97. The third-order valence-corrected chi connectivity index (χ3v) is 2.75. The zero-order chi connectivity index (χ0) is 13.0. The van der Waals surface area contributed by atoms with E-state index >= 15 is 0 Å². The third-order valence-electron chi connectivity index (χ3n) is 2.56. The third kappa shape index (κ3) is 4.04. The van der Waals surface area contributed by atoms with Crippen molar-refractivity contribution in [3.63, 3.8) is 0 Å². The molecule has 1 aromatic heterocycles. The molecule has 1 amide bonds. The smallest absolute Gasteiger partial charge is 0.224 e. The van der Waals surface area contributed by atoms with Crippen LogP contribution in [0.4, 0.5) is 0 Å². The number of rotatable bonds is 5. The van der Waals surface area contributed by atoms with Crippen molar-refractivity contribution < 1.29 is 4.79 Å². The number of halogens is 1. The standard InChI is InChI=1S/C12H20ClN3O/c1-9(2)16(10(3)4)12(17)5-6-15-8-11(13)7-14-15/h7-10H,5-6H2,1-4H3. The average Bonchev–Trinajstić information content (AvgIpc) is 2.60. The van der Waals surface area contributed by atoms with Crippen LogP contribution in [0.1, 0.15) is 34.1 Å². The number of carbonyl (C=O) groups is 1. The number of hydrogen-bond acceptors (Lipinski definition) is 2. The molecule has 1 heterocycles. The van der Waals surface area contributed by atoms with Crippen LogP contribution in [0.15, 0.2) is 12.4 Å². The summed E-state index contributed by atoms with van der Waals surface area (Å²) in [6.07, 6.45) is 3.76. The first-order valence-corrected chi connectivity index (χ1v) is 6.28. The summed E-state index contributed by atoms with van der Waals surface area (Å²) in [5.41, 5.74) is 0. The summed E-state index contributed by atoms with van der Waals surface area (Å²) in [4.78, 5) is 14.0. The maximum Gasteiger partial charge on any atom is 0.224 e. The number of aromatic nitrogens is 2. The van der Waals surface area contributed by atoms with Gasteiger partial charge in [-0.05, 0) is 27.7 Å². The normalized spacial score (nSPS) is 11.2. The van der Waals surface area contributed by atoms with Gasteiger partial charge in [0.15, 0.2) is 0 Å². The van der Waals surface area contributed by atoms with Crippen molar-refractivity contribution in [2.75, 3.05) is 0 Å². The van der Waals surface area contributed by atoms with E-state index in [4.69, 9.17) is 11.6 Å². The Balaban J connectivity index is 2.53. The van der Waals surface area contributed by atoms with Gasteiger partial charge in [-0.15, -0.1) is 0 Å². The number of nitrogens with zero attached hydrogens (tertiary/aromatic N) is 3. The second-order valence-electron chi connectivity index (χ2n) is 4.66. The minimum atomic E-state index is 0.154. The lowest BCUT2D eigenvalue weighted by Crippen LogP contribution is -2.42. The Kier molecular flexibility index (Phi) is 5.00. The van der Waals surface area contributed by atoms with E-state index in [1.54, 1.807) is 17.1 Å². The van der Waals surface area contributed by atoms with Crippen LogP contribution in [-0.4, -0.2) is 32.7 Å². The first kappa shape index (κ1) is 14.0. The van der Waals surface area contributed by atoms with Crippen molar-refractivity contribution in [1.29, 1.82) is 0 Å². The maximum absolute atomic E-state index is 12.1. The summed E-state index contributed by atoms with van der Waals surface area (Å²) >= 11 is 5.76. The van der Waals surface area contributed by atoms with E-state index in [-0.39, 0.29) is 18.0 Å². The molecule has 0 radical (unpaired) electrons. The van der Waals surface area contributed by atoms with Crippen molar-refractivity contribution in [2.24, 2.45) is 0 Å². The molecular weight excluding hydrogens is 238 g/mol. The Morgan fingerprint density at radius 1 is 1.41 bits per heavy atom. The quantitative estimate of drug-likeness (QED) is 0.813. The monoisotopic (exact) mass is 257 g/mol. The zero-order valence-corrected chi connectivity index (χ0v) is 11.6. The molecule has 1 rings (SSSR count). The van der Waals surface area contributed by atoms with Crippen LogP contribution in [0.3, 0.4) is 0 Å². The van der Waals surface area contributed by atoms with Gasteiger partial charge < -0.3 is 4.90 Å². The molecule has 0 spiro atoms. The molecular formula is C12H20ClN3O. The fraction of sp³-hybridized carbons (Fsp3) is 0.667. The van der Waals surface area contributed by atoms with Gasteiger partial charge >= 0.3 is 0 Å². The van der Waals surface area contributed by atoms with Gasteiger partial charge in [-0.2, -0.15) is 5.10 Å². The number of carbonyl (C=O) groups excluding carboxylic acids is 1. The minimum absolute atomic E-state index is 0.154. The molecule has 0 aromatic carbocycles. The van der Waals surface area contributed by atoms with Crippen LogP contribution in [0.2, 0.25) is 5.02 Å². The van der Waals surface area contributed by atoms with Crippen LogP contribution >= 0.6 is 11.6 Å². The van der Waals surface area contributed by atoms with Crippen LogP contribution in [-0.2, 0) is 11.3 Å². The number of aryl methyl sites for hydroxylation is 1. The van der Waals surface area contributed by atoms with Crippen molar-refractivity contribution in [2.45, 2.75) is 52.7 Å². The predicted molar refractivity (Wildman–Crippen MR) is 69.0 cm³/mol. The zero-order valence-electron chi connectivity index (χ0n) is 10.9. The average molecular weight is 258 g/mol. The Bertz CT molecular complexity index is 366. The van der Waals surface area contributed by atoms with E-state index in [2.05, 4.69) is 5.10 Å². The Hall–Kier alpha value is -1.03. The van der Waals surface area contributed by atoms with Crippen molar-refractivity contribution in [1.82, 2.24) is 14.7 Å². The largest absolute Gasteiger partial charge is 0.338 e. The lowest BCUT2D eigenvalue weighted by molar-refractivity contribution is -0.135. The highest BCUT2D eigenvalue weighted by Crippen LogP contribution is 2.09. The molecule has 0 aliphatic carbocycles. The predicted octanol–water partition coefficient (Wildman–Crippen LogP) is 2.57. The molecule has 0 saturated carbocycles. The second-order valence-corrected chi connectivity index (χ2v) is 5.10. The van der Waals surface area contributed by atoms with E-state index in [0.29, 0.717) is 18.0 Å². The van der Waals surface area contributed by atoms with Gasteiger partial charge in [0.1, 0.15) is 0 Å². The number of amides is 1. The Morgan fingerprint density at radius 3 is 2.41 bits per heavy atom. The lowest BCUT2D eigenvalue weighted by Gasteiger charge is -2.30. The van der Waals surface area contributed by atoms with Crippen LogP contribution in [0.25, 0.3) is 0 Å². The first-order valence-electron chi connectivity index (χ1n) is 5.91. The highest BCUT2D eigenvalue weighted by atomic mass is 35.5. The molecule has 0 bridgehead atoms. The fourth-order valence-corrected chi connectivity index (χ4v) is 2.13. The van der Waals surface area contributed by atoms with E-state index in [1.165, 1.54) is 0 Å². The molecule has 0 fully saturated rings. The number of hydrogen-bond donors (Lipinski definition) is 0. The maximum atomic E-state index is 12.1.